The van der Waals surface area contributed by atoms with Gasteiger partial charge in [0.25, 0.3) is 5.91 Å². The maximum Gasteiger partial charge on any atom is 0.393 e. The van der Waals surface area contributed by atoms with Crippen LogP contribution in [-0.2, 0) is 16.4 Å². The van der Waals surface area contributed by atoms with Crippen molar-refractivity contribution in [3.05, 3.63) is 47.1 Å². The molecule has 0 unspecified atom stereocenters. The lowest BCUT2D eigenvalue weighted by Gasteiger charge is -2.46. The van der Waals surface area contributed by atoms with Crippen molar-refractivity contribution in [2.24, 2.45) is 5.41 Å². The Balaban J connectivity index is 1.20. The normalized spacial score (nSPS) is 21.9. The SMILES string of the molecule is CN(C(=O)c1ccc(NC2CC3(CCN(c4ncnc5sc(CC(F)(F)F)cc45)C3)C2)cc1)S(C)(=O)=O. The topological polar surface area (TPSA) is 95.5 Å². The fraction of sp³-hybridized carbons (Fsp3) is 0.458. The number of alkyl halides is 3. The molecule has 1 aliphatic carbocycles. The van der Waals surface area contributed by atoms with Gasteiger partial charge in [0.1, 0.15) is 17.0 Å². The van der Waals surface area contributed by atoms with Crippen LogP contribution in [0.15, 0.2) is 36.7 Å². The summed E-state index contributed by atoms with van der Waals surface area (Å²) in [6.07, 6.45) is 0.0364. The van der Waals surface area contributed by atoms with Gasteiger partial charge in [-0.3, -0.25) is 4.79 Å². The minimum atomic E-state index is -4.26. The maximum atomic E-state index is 12.9. The quantitative estimate of drug-likeness (QED) is 0.486. The highest BCUT2D eigenvalue weighted by Gasteiger charge is 2.49. The Hall–Kier alpha value is -2.93. The minimum absolute atomic E-state index is 0.119. The number of fused-ring (bicyclic) bond motifs is 1. The van der Waals surface area contributed by atoms with Gasteiger partial charge < -0.3 is 10.2 Å². The number of thiophene rings is 1. The molecule has 2 aromatic heterocycles. The molecule has 5 rings (SSSR count). The number of hydrogen-bond donors (Lipinski definition) is 1. The zero-order valence-corrected chi connectivity index (χ0v) is 21.9. The number of nitrogens with zero attached hydrogens (tertiary/aromatic N) is 4. The second-order valence-electron chi connectivity index (χ2n) is 9.95. The van der Waals surface area contributed by atoms with E-state index in [1.807, 2.05) is 0 Å². The molecule has 1 N–H and O–H groups in total. The van der Waals surface area contributed by atoms with Gasteiger partial charge in [-0.15, -0.1) is 11.3 Å². The number of anilines is 2. The predicted molar refractivity (Wildman–Crippen MR) is 136 cm³/mol. The second-order valence-corrected chi connectivity index (χ2v) is 13.1. The van der Waals surface area contributed by atoms with E-state index in [0.717, 1.165) is 59.9 Å². The van der Waals surface area contributed by atoms with Crippen molar-refractivity contribution in [3.8, 4) is 0 Å². The Bertz CT molecular complexity index is 1430. The maximum absolute atomic E-state index is 12.9. The number of benzene rings is 1. The van der Waals surface area contributed by atoms with E-state index in [2.05, 4.69) is 20.2 Å². The van der Waals surface area contributed by atoms with Crippen LogP contribution < -0.4 is 10.2 Å². The van der Waals surface area contributed by atoms with Crippen LogP contribution in [-0.4, -0.2) is 67.2 Å². The first kappa shape index (κ1) is 25.7. The molecule has 0 radical (unpaired) electrons. The summed E-state index contributed by atoms with van der Waals surface area (Å²) < 4.78 is 62.5. The lowest BCUT2D eigenvalue weighted by Crippen LogP contribution is -2.46. The van der Waals surface area contributed by atoms with E-state index in [1.165, 1.54) is 13.4 Å². The van der Waals surface area contributed by atoms with Gasteiger partial charge in [0.2, 0.25) is 10.0 Å². The van der Waals surface area contributed by atoms with Crippen LogP contribution in [0.4, 0.5) is 24.7 Å². The van der Waals surface area contributed by atoms with Crippen molar-refractivity contribution in [2.45, 2.75) is 37.9 Å². The van der Waals surface area contributed by atoms with E-state index in [4.69, 9.17) is 0 Å². The molecule has 3 heterocycles. The zero-order chi connectivity index (χ0) is 26.6. The fourth-order valence-electron chi connectivity index (χ4n) is 5.24. The molecule has 13 heteroatoms. The zero-order valence-electron chi connectivity index (χ0n) is 20.2. The second kappa shape index (κ2) is 9.12. The van der Waals surface area contributed by atoms with E-state index >= 15 is 0 Å². The first-order valence-corrected chi connectivity index (χ1v) is 14.4. The average Bonchev–Trinajstić information content (AvgIpc) is 3.40. The number of halogens is 3. The van der Waals surface area contributed by atoms with Crippen molar-refractivity contribution in [1.29, 1.82) is 0 Å². The van der Waals surface area contributed by atoms with E-state index in [-0.39, 0.29) is 21.9 Å². The number of aromatic nitrogens is 2. The Kier molecular flexibility index (Phi) is 6.34. The molecular formula is C24H26F3N5O3S2. The van der Waals surface area contributed by atoms with Crippen molar-refractivity contribution >= 4 is 49.0 Å². The molecule has 2 aliphatic rings. The number of carbonyl (C=O) groups is 1. The van der Waals surface area contributed by atoms with Gasteiger partial charge in [0.15, 0.2) is 0 Å². The molecule has 3 aromatic rings. The van der Waals surface area contributed by atoms with Crippen LogP contribution in [0.5, 0.6) is 0 Å². The number of rotatable bonds is 6. The summed E-state index contributed by atoms with van der Waals surface area (Å²) in [5.41, 5.74) is 1.26. The largest absolute Gasteiger partial charge is 0.393 e. The summed E-state index contributed by atoms with van der Waals surface area (Å²) in [7, 11) is -2.39. The first-order chi connectivity index (χ1) is 17.3. The van der Waals surface area contributed by atoms with Crippen LogP contribution in [0.25, 0.3) is 10.2 Å². The summed E-state index contributed by atoms with van der Waals surface area (Å²) in [6, 6.07) is 8.56. The number of nitrogens with one attached hydrogen (secondary N) is 1. The van der Waals surface area contributed by atoms with Gasteiger partial charge in [-0.05, 0) is 55.0 Å². The molecule has 2 fully saturated rings. The molecule has 1 saturated heterocycles. The highest BCUT2D eigenvalue weighted by atomic mass is 32.2. The lowest BCUT2D eigenvalue weighted by molar-refractivity contribution is -0.126. The van der Waals surface area contributed by atoms with Gasteiger partial charge in [-0.25, -0.2) is 22.7 Å². The number of hydrogen-bond acceptors (Lipinski definition) is 8. The molecule has 0 bridgehead atoms. The third-order valence-corrected chi connectivity index (χ3v) is 9.32. The first-order valence-electron chi connectivity index (χ1n) is 11.7. The Labute approximate surface area is 216 Å². The summed E-state index contributed by atoms with van der Waals surface area (Å²) in [5, 5.41) is 4.15. The van der Waals surface area contributed by atoms with Gasteiger partial charge in [0, 0.05) is 42.3 Å². The summed E-state index contributed by atoms with van der Waals surface area (Å²) >= 11 is 1.06. The summed E-state index contributed by atoms with van der Waals surface area (Å²) in [5.74, 6) is 0.111. The molecule has 1 amide bonds. The number of carbonyl (C=O) groups excluding carboxylic acids is 1. The van der Waals surface area contributed by atoms with Crippen molar-refractivity contribution in [2.75, 3.05) is 36.6 Å². The molecule has 1 saturated carbocycles. The fourth-order valence-corrected chi connectivity index (χ4v) is 6.67. The Morgan fingerprint density at radius 3 is 2.59 bits per heavy atom. The van der Waals surface area contributed by atoms with Gasteiger partial charge in [-0.1, -0.05) is 0 Å². The molecule has 1 aromatic carbocycles. The van der Waals surface area contributed by atoms with Crippen LogP contribution in [0.3, 0.4) is 0 Å². The van der Waals surface area contributed by atoms with Gasteiger partial charge >= 0.3 is 6.18 Å². The number of amides is 1. The third-order valence-electron chi connectivity index (χ3n) is 7.12. The monoisotopic (exact) mass is 553 g/mol. The van der Waals surface area contributed by atoms with E-state index in [1.54, 1.807) is 30.3 Å². The van der Waals surface area contributed by atoms with Gasteiger partial charge in [0.05, 0.1) is 18.1 Å². The van der Waals surface area contributed by atoms with E-state index < -0.39 is 28.5 Å². The lowest BCUT2D eigenvalue weighted by atomic mass is 9.65. The Morgan fingerprint density at radius 1 is 1.24 bits per heavy atom. The highest BCUT2D eigenvalue weighted by molar-refractivity contribution is 7.88. The predicted octanol–water partition coefficient (Wildman–Crippen LogP) is 4.30. The molecule has 198 valence electrons. The van der Waals surface area contributed by atoms with Crippen molar-refractivity contribution in [1.82, 2.24) is 14.3 Å². The van der Waals surface area contributed by atoms with E-state index in [9.17, 15) is 26.4 Å². The molecular weight excluding hydrogens is 527 g/mol. The molecule has 37 heavy (non-hydrogen) atoms. The third kappa shape index (κ3) is 5.37. The van der Waals surface area contributed by atoms with Crippen LogP contribution in [0, 0.1) is 5.41 Å². The molecule has 1 spiro atoms. The standard InChI is InChI=1S/C24H26F3N5O3S2/c1-31(37(2,34)35)22(33)15-3-5-16(6-4-15)30-17-10-23(11-17)7-8-32(13-23)20-19-9-18(12-24(25,26)27)36-21(19)29-14-28-20/h3-6,9,14,17,30H,7-8,10-13H2,1-2H3. The summed E-state index contributed by atoms with van der Waals surface area (Å²) in [6.45, 7) is 1.57. The highest BCUT2D eigenvalue weighted by Crippen LogP contribution is 2.50. The van der Waals surface area contributed by atoms with Crippen molar-refractivity contribution < 1.29 is 26.4 Å². The summed E-state index contributed by atoms with van der Waals surface area (Å²) in [4.78, 5) is 23.9. The minimum Gasteiger partial charge on any atom is -0.382 e. The van der Waals surface area contributed by atoms with Crippen LogP contribution in [0.1, 0.15) is 34.5 Å². The van der Waals surface area contributed by atoms with E-state index in [0.29, 0.717) is 16.0 Å². The number of sulfonamides is 1. The smallest absolute Gasteiger partial charge is 0.382 e. The van der Waals surface area contributed by atoms with Crippen LogP contribution >= 0.6 is 11.3 Å². The van der Waals surface area contributed by atoms with Gasteiger partial charge in [-0.2, -0.15) is 13.2 Å². The molecule has 1 aliphatic heterocycles. The van der Waals surface area contributed by atoms with Crippen LogP contribution in [0.2, 0.25) is 0 Å². The molecule has 8 nitrogen and oxygen atoms in total. The van der Waals surface area contributed by atoms with Crippen molar-refractivity contribution in [3.63, 3.8) is 0 Å². The Morgan fingerprint density at radius 2 is 1.95 bits per heavy atom. The molecule has 0 atom stereocenters. The average molecular weight is 554 g/mol.